The summed E-state index contributed by atoms with van der Waals surface area (Å²) in [4.78, 5) is 14.9. The molecule has 0 fully saturated rings. The van der Waals surface area contributed by atoms with Crippen molar-refractivity contribution >= 4 is 22.5 Å². The second kappa shape index (κ2) is 5.36. The molecule has 5 heteroatoms. The second-order valence-corrected chi connectivity index (χ2v) is 4.74. The van der Waals surface area contributed by atoms with Gasteiger partial charge in [0.1, 0.15) is 11.6 Å². The third-order valence-corrected chi connectivity index (χ3v) is 3.19. The second-order valence-electron chi connectivity index (χ2n) is 4.74. The summed E-state index contributed by atoms with van der Waals surface area (Å²) in [6, 6.07) is 10.1. The minimum Gasteiger partial charge on any atom is -0.361 e. The van der Waals surface area contributed by atoms with Gasteiger partial charge in [-0.25, -0.2) is 8.78 Å². The van der Waals surface area contributed by atoms with E-state index in [4.69, 9.17) is 0 Å². The van der Waals surface area contributed by atoms with Gasteiger partial charge < -0.3 is 10.3 Å². The maximum Gasteiger partial charge on any atom is 0.228 e. The molecule has 2 aromatic carbocycles. The van der Waals surface area contributed by atoms with Gasteiger partial charge in [-0.2, -0.15) is 0 Å². The lowest BCUT2D eigenvalue weighted by atomic mass is 10.1. The summed E-state index contributed by atoms with van der Waals surface area (Å²) in [5.41, 5.74) is 1.81. The summed E-state index contributed by atoms with van der Waals surface area (Å²) in [5, 5.41) is 3.43. The van der Waals surface area contributed by atoms with Gasteiger partial charge in [0.2, 0.25) is 5.91 Å². The van der Waals surface area contributed by atoms with E-state index in [1.165, 1.54) is 30.3 Å². The molecular weight excluding hydrogens is 274 g/mol. The number of halogens is 2. The number of H-pyrrole nitrogens is 1. The van der Waals surface area contributed by atoms with E-state index in [2.05, 4.69) is 10.3 Å². The molecule has 3 nitrogen and oxygen atoms in total. The minimum absolute atomic E-state index is 0.127. The Bertz CT molecular complexity index is 811. The number of benzene rings is 2. The van der Waals surface area contributed by atoms with Crippen molar-refractivity contribution in [2.75, 3.05) is 5.32 Å². The molecule has 0 saturated carbocycles. The van der Waals surface area contributed by atoms with Crippen molar-refractivity contribution in [3.63, 3.8) is 0 Å². The van der Waals surface area contributed by atoms with Crippen molar-refractivity contribution in [2.45, 2.75) is 6.42 Å². The smallest absolute Gasteiger partial charge is 0.228 e. The van der Waals surface area contributed by atoms with Gasteiger partial charge in [-0.3, -0.25) is 4.79 Å². The molecule has 0 aliphatic heterocycles. The lowest BCUT2D eigenvalue weighted by molar-refractivity contribution is -0.115. The lowest BCUT2D eigenvalue weighted by Gasteiger charge is -2.04. The van der Waals surface area contributed by atoms with Crippen LogP contribution in [0.1, 0.15) is 5.56 Å². The highest BCUT2D eigenvalue weighted by atomic mass is 19.1. The first kappa shape index (κ1) is 13.3. The van der Waals surface area contributed by atoms with Crippen molar-refractivity contribution < 1.29 is 13.6 Å². The van der Waals surface area contributed by atoms with Crippen molar-refractivity contribution in [3.05, 3.63) is 65.9 Å². The van der Waals surface area contributed by atoms with Crippen LogP contribution in [0.3, 0.4) is 0 Å². The molecule has 21 heavy (non-hydrogen) atoms. The molecule has 1 heterocycles. The van der Waals surface area contributed by atoms with Gasteiger partial charge in [0, 0.05) is 22.8 Å². The number of aromatic nitrogens is 1. The molecule has 0 aliphatic rings. The summed E-state index contributed by atoms with van der Waals surface area (Å²) in [7, 11) is 0. The molecule has 1 aromatic heterocycles. The summed E-state index contributed by atoms with van der Waals surface area (Å²) in [6.45, 7) is 0. The number of rotatable bonds is 3. The fourth-order valence-electron chi connectivity index (χ4n) is 2.25. The Labute approximate surface area is 119 Å². The monoisotopic (exact) mass is 286 g/mol. The first-order chi connectivity index (χ1) is 10.1. The Morgan fingerprint density at radius 2 is 1.90 bits per heavy atom. The molecule has 0 aliphatic carbocycles. The van der Waals surface area contributed by atoms with Gasteiger partial charge in [0.05, 0.1) is 6.42 Å². The molecule has 1 amide bonds. The first-order valence-corrected chi connectivity index (χ1v) is 6.43. The van der Waals surface area contributed by atoms with Crippen LogP contribution in [0.25, 0.3) is 10.9 Å². The van der Waals surface area contributed by atoms with E-state index in [1.807, 2.05) is 0 Å². The first-order valence-electron chi connectivity index (χ1n) is 6.43. The predicted octanol–water partition coefficient (Wildman–Crippen LogP) is 3.63. The van der Waals surface area contributed by atoms with Crippen LogP contribution in [0.2, 0.25) is 0 Å². The van der Waals surface area contributed by atoms with Gasteiger partial charge in [0.25, 0.3) is 0 Å². The number of amides is 1. The quantitative estimate of drug-likeness (QED) is 0.758. The number of anilines is 1. The summed E-state index contributed by atoms with van der Waals surface area (Å²) in [5.74, 6) is -0.999. The fourth-order valence-corrected chi connectivity index (χ4v) is 2.25. The SMILES string of the molecule is O=C(Cc1c[nH]c2cc(F)ccc12)Nc1cccc(F)c1. The maximum absolute atomic E-state index is 13.1. The van der Waals surface area contributed by atoms with Crippen molar-refractivity contribution in [2.24, 2.45) is 0 Å². The zero-order valence-corrected chi connectivity index (χ0v) is 11.0. The van der Waals surface area contributed by atoms with E-state index in [1.54, 1.807) is 18.3 Å². The Morgan fingerprint density at radius 1 is 1.10 bits per heavy atom. The lowest BCUT2D eigenvalue weighted by Crippen LogP contribution is -2.14. The number of hydrogen-bond donors (Lipinski definition) is 2. The third kappa shape index (κ3) is 2.91. The van der Waals surface area contributed by atoms with Crippen molar-refractivity contribution in [1.82, 2.24) is 4.98 Å². The van der Waals surface area contributed by atoms with Crippen LogP contribution in [-0.2, 0) is 11.2 Å². The van der Waals surface area contributed by atoms with Crippen LogP contribution in [0.5, 0.6) is 0 Å². The summed E-state index contributed by atoms with van der Waals surface area (Å²) < 4.78 is 26.1. The van der Waals surface area contributed by atoms with E-state index < -0.39 is 5.82 Å². The third-order valence-electron chi connectivity index (χ3n) is 3.19. The Balaban J connectivity index is 1.77. The highest BCUT2D eigenvalue weighted by Crippen LogP contribution is 2.20. The van der Waals surface area contributed by atoms with Crippen LogP contribution in [0, 0.1) is 11.6 Å². The van der Waals surface area contributed by atoms with Crippen LogP contribution >= 0.6 is 0 Å². The van der Waals surface area contributed by atoms with Gasteiger partial charge in [-0.05, 0) is 42.0 Å². The van der Waals surface area contributed by atoms with Crippen LogP contribution < -0.4 is 5.32 Å². The standard InChI is InChI=1S/C16H12F2N2O/c17-11-2-1-3-13(7-11)20-16(21)6-10-9-19-15-8-12(18)4-5-14(10)15/h1-5,7-9,19H,6H2,(H,20,21). The zero-order chi connectivity index (χ0) is 14.8. The summed E-state index contributed by atoms with van der Waals surface area (Å²) in [6.07, 6.45) is 1.80. The summed E-state index contributed by atoms with van der Waals surface area (Å²) >= 11 is 0. The van der Waals surface area contributed by atoms with Gasteiger partial charge in [0.15, 0.2) is 0 Å². The highest BCUT2D eigenvalue weighted by molar-refractivity contribution is 5.95. The van der Waals surface area contributed by atoms with Gasteiger partial charge in [-0.15, -0.1) is 0 Å². The molecular formula is C16H12F2N2O. The maximum atomic E-state index is 13.1. The van der Waals surface area contributed by atoms with E-state index in [0.29, 0.717) is 11.2 Å². The van der Waals surface area contributed by atoms with Crippen molar-refractivity contribution in [3.8, 4) is 0 Å². The Morgan fingerprint density at radius 3 is 2.71 bits per heavy atom. The molecule has 106 valence electrons. The van der Waals surface area contributed by atoms with Crippen molar-refractivity contribution in [1.29, 1.82) is 0 Å². The number of carbonyl (C=O) groups is 1. The van der Waals surface area contributed by atoms with Gasteiger partial charge >= 0.3 is 0 Å². The minimum atomic E-state index is -0.407. The molecule has 3 aromatic rings. The number of nitrogens with one attached hydrogen (secondary N) is 2. The molecule has 0 saturated heterocycles. The molecule has 0 bridgehead atoms. The molecule has 3 rings (SSSR count). The van der Waals surface area contributed by atoms with Crippen LogP contribution in [0.15, 0.2) is 48.7 Å². The molecule has 0 radical (unpaired) electrons. The predicted molar refractivity (Wildman–Crippen MR) is 77.0 cm³/mol. The van der Waals surface area contributed by atoms with Gasteiger partial charge in [-0.1, -0.05) is 6.07 Å². The molecule has 0 unspecified atom stereocenters. The molecule has 0 atom stereocenters. The average Bonchev–Trinajstić information content (AvgIpc) is 2.81. The average molecular weight is 286 g/mol. The van der Waals surface area contributed by atoms with Crippen LogP contribution in [-0.4, -0.2) is 10.9 Å². The largest absolute Gasteiger partial charge is 0.361 e. The Hall–Kier alpha value is -2.69. The topological polar surface area (TPSA) is 44.9 Å². The molecule has 0 spiro atoms. The Kier molecular flexibility index (Phi) is 3.39. The van der Waals surface area contributed by atoms with Crippen LogP contribution in [0.4, 0.5) is 14.5 Å². The number of fused-ring (bicyclic) bond motifs is 1. The number of aromatic amines is 1. The van der Waals surface area contributed by atoms with E-state index in [-0.39, 0.29) is 18.1 Å². The highest BCUT2D eigenvalue weighted by Gasteiger charge is 2.10. The fraction of sp³-hybridized carbons (Fsp3) is 0.0625. The van der Waals surface area contributed by atoms with E-state index in [0.717, 1.165) is 10.9 Å². The molecule has 2 N–H and O–H groups in total. The number of hydrogen-bond acceptors (Lipinski definition) is 1. The number of carbonyl (C=O) groups excluding carboxylic acids is 1. The zero-order valence-electron chi connectivity index (χ0n) is 11.0. The van der Waals surface area contributed by atoms with E-state index in [9.17, 15) is 13.6 Å². The normalized spacial score (nSPS) is 10.8. The van der Waals surface area contributed by atoms with E-state index >= 15 is 0 Å².